The summed E-state index contributed by atoms with van der Waals surface area (Å²) >= 11 is 0. The predicted octanol–water partition coefficient (Wildman–Crippen LogP) is 4.69. The summed E-state index contributed by atoms with van der Waals surface area (Å²) in [5, 5.41) is 12.0. The van der Waals surface area contributed by atoms with Crippen LogP contribution in [0.5, 0.6) is 0 Å². The first-order chi connectivity index (χ1) is 15.7. The third kappa shape index (κ3) is 3.45. The molecule has 1 aromatic carbocycles. The van der Waals surface area contributed by atoms with Crippen LogP contribution in [0.1, 0.15) is 49.8 Å². The van der Waals surface area contributed by atoms with Crippen molar-refractivity contribution in [3.05, 3.63) is 41.7 Å². The van der Waals surface area contributed by atoms with Gasteiger partial charge < -0.3 is 10.2 Å². The quantitative estimate of drug-likeness (QED) is 0.632. The van der Waals surface area contributed by atoms with E-state index >= 15 is 0 Å². The van der Waals surface area contributed by atoms with Crippen LogP contribution in [-0.2, 0) is 6.54 Å². The molecule has 3 aromatic rings. The number of carbonyl (C=O) groups is 1. The van der Waals surface area contributed by atoms with E-state index in [-0.39, 0.29) is 12.1 Å². The molecule has 7 nitrogen and oxygen atoms in total. The third-order valence-electron chi connectivity index (χ3n) is 7.51. The molecule has 166 valence electrons. The Bertz CT molecular complexity index is 1160. The van der Waals surface area contributed by atoms with Crippen molar-refractivity contribution in [2.45, 2.75) is 64.1 Å². The Hall–Kier alpha value is -2.93. The molecule has 0 radical (unpaired) electrons. The zero-order chi connectivity index (χ0) is 21.7. The van der Waals surface area contributed by atoms with Crippen LogP contribution in [0.4, 0.5) is 10.5 Å². The van der Waals surface area contributed by atoms with Crippen molar-refractivity contribution < 1.29 is 4.79 Å². The number of hydrogen-bond acceptors (Lipinski definition) is 4. The Labute approximate surface area is 188 Å². The molecule has 1 atom stereocenters. The highest BCUT2D eigenvalue weighted by atomic mass is 16.2. The second kappa shape index (κ2) is 7.89. The van der Waals surface area contributed by atoms with Gasteiger partial charge in [0.2, 0.25) is 0 Å². The lowest BCUT2D eigenvalue weighted by Crippen LogP contribution is -2.54. The minimum Gasteiger partial charge on any atom is -0.316 e. The van der Waals surface area contributed by atoms with Crippen LogP contribution in [0.3, 0.4) is 0 Å². The number of aryl methyl sites for hydroxylation is 1. The van der Waals surface area contributed by atoms with E-state index in [0.29, 0.717) is 6.54 Å². The molecule has 4 heterocycles. The summed E-state index contributed by atoms with van der Waals surface area (Å²) in [6.07, 6.45) is 9.41. The number of hydrogen-bond donors (Lipinski definition) is 2. The zero-order valence-electron chi connectivity index (χ0n) is 18.6. The van der Waals surface area contributed by atoms with Gasteiger partial charge in [0.05, 0.1) is 5.52 Å². The lowest BCUT2D eigenvalue weighted by Gasteiger charge is -2.43. The van der Waals surface area contributed by atoms with Crippen molar-refractivity contribution in [1.82, 2.24) is 25.0 Å². The Morgan fingerprint density at radius 1 is 1.06 bits per heavy atom. The van der Waals surface area contributed by atoms with Gasteiger partial charge >= 0.3 is 6.03 Å². The van der Waals surface area contributed by atoms with Gasteiger partial charge in [-0.25, -0.2) is 4.79 Å². The minimum absolute atomic E-state index is 0.0274. The maximum Gasteiger partial charge on any atom is 0.322 e. The van der Waals surface area contributed by atoms with Gasteiger partial charge in [-0.2, -0.15) is 5.10 Å². The monoisotopic (exact) mass is 430 g/mol. The van der Waals surface area contributed by atoms with Gasteiger partial charge in [-0.05, 0) is 69.0 Å². The second-order valence-corrected chi connectivity index (χ2v) is 9.60. The van der Waals surface area contributed by atoms with Crippen LogP contribution >= 0.6 is 0 Å². The minimum atomic E-state index is 0.0274. The maximum atomic E-state index is 13.0. The van der Waals surface area contributed by atoms with Crippen molar-refractivity contribution in [1.29, 1.82) is 0 Å². The molecule has 0 unspecified atom stereocenters. The number of likely N-dealkylation sites (tertiary alicyclic amines) is 1. The lowest BCUT2D eigenvalue weighted by atomic mass is 9.98. The Balaban J connectivity index is 1.29. The summed E-state index contributed by atoms with van der Waals surface area (Å²) < 4.78 is 0. The largest absolute Gasteiger partial charge is 0.322 e. The molecule has 1 saturated heterocycles. The molecule has 6 rings (SSSR count). The summed E-state index contributed by atoms with van der Waals surface area (Å²) in [6, 6.07) is 9.30. The first kappa shape index (κ1) is 19.7. The summed E-state index contributed by atoms with van der Waals surface area (Å²) in [6.45, 7) is 4.83. The van der Waals surface area contributed by atoms with E-state index in [1.165, 1.54) is 38.6 Å². The number of rotatable bonds is 3. The molecule has 3 aliphatic rings. The van der Waals surface area contributed by atoms with Gasteiger partial charge in [0.15, 0.2) is 0 Å². The molecule has 2 N–H and O–H groups in total. The molecule has 2 amide bonds. The third-order valence-corrected chi connectivity index (χ3v) is 7.51. The molecule has 2 fully saturated rings. The van der Waals surface area contributed by atoms with E-state index in [0.717, 1.165) is 58.1 Å². The van der Waals surface area contributed by atoms with E-state index in [1.54, 1.807) is 0 Å². The average molecular weight is 431 g/mol. The maximum absolute atomic E-state index is 13.0. The number of nitrogens with one attached hydrogen (secondary N) is 2. The smallest absolute Gasteiger partial charge is 0.316 e. The normalized spacial score (nSPS) is 22.3. The molecular weight excluding hydrogens is 400 g/mol. The molecule has 2 aromatic heterocycles. The first-order valence-corrected chi connectivity index (χ1v) is 11.9. The van der Waals surface area contributed by atoms with Crippen LogP contribution in [0.25, 0.3) is 22.2 Å². The topological polar surface area (TPSA) is 77.2 Å². The number of aromatic amines is 1. The molecule has 7 heteroatoms. The van der Waals surface area contributed by atoms with Crippen molar-refractivity contribution in [2.75, 3.05) is 18.4 Å². The van der Waals surface area contributed by atoms with Gasteiger partial charge in [0.1, 0.15) is 5.69 Å². The van der Waals surface area contributed by atoms with E-state index in [4.69, 9.17) is 0 Å². The molecular formula is C25H30N6O. The fourth-order valence-electron chi connectivity index (χ4n) is 5.85. The van der Waals surface area contributed by atoms with Crippen LogP contribution in [0.2, 0.25) is 0 Å². The summed E-state index contributed by atoms with van der Waals surface area (Å²) in [5.41, 5.74) is 5.94. The number of anilines is 1. The number of amides is 2. The van der Waals surface area contributed by atoms with Crippen molar-refractivity contribution in [2.24, 2.45) is 0 Å². The van der Waals surface area contributed by atoms with E-state index in [1.807, 2.05) is 25.3 Å². The number of benzene rings is 1. The Morgan fingerprint density at radius 3 is 2.75 bits per heavy atom. The summed E-state index contributed by atoms with van der Waals surface area (Å²) in [5.74, 6) is 0. The Kier molecular flexibility index (Phi) is 4.86. The number of H-pyrrole nitrogens is 1. The van der Waals surface area contributed by atoms with Gasteiger partial charge in [-0.1, -0.05) is 12.8 Å². The fraction of sp³-hybridized carbons (Fsp3) is 0.480. The highest BCUT2D eigenvalue weighted by molar-refractivity contribution is 6.00. The standard InChI is InChI=1S/C25H30N6O/c1-16-11-17(8-9-26-16)24-21-12-18-14-31(25(32)27-22(18)13-23(21)28-29-24)20-7-4-10-30(15-20)19-5-2-3-6-19/h8-9,11-13,19-20H,2-7,10,14-15H2,1H3,(H,27,32)(H,28,29)/t20-/m1/s1. The number of aromatic nitrogens is 3. The predicted molar refractivity (Wildman–Crippen MR) is 125 cm³/mol. The number of urea groups is 1. The number of carbonyl (C=O) groups excluding carboxylic acids is 1. The number of piperidine rings is 1. The van der Waals surface area contributed by atoms with E-state index in [2.05, 4.69) is 42.4 Å². The van der Waals surface area contributed by atoms with Crippen LogP contribution in [-0.4, -0.2) is 56.2 Å². The SMILES string of the molecule is Cc1cc(-c2n[nH]c3cc4c(cc23)CN([C@@H]2CCCN(C3CCCC3)C2)C(=O)N4)ccn1. The van der Waals surface area contributed by atoms with Crippen molar-refractivity contribution >= 4 is 22.6 Å². The van der Waals surface area contributed by atoms with Gasteiger partial charge in [-0.3, -0.25) is 15.0 Å². The van der Waals surface area contributed by atoms with E-state index < -0.39 is 0 Å². The van der Waals surface area contributed by atoms with Gasteiger partial charge in [-0.15, -0.1) is 0 Å². The summed E-state index contributed by atoms with van der Waals surface area (Å²) in [4.78, 5) is 22.1. The number of fused-ring (bicyclic) bond motifs is 2. The van der Waals surface area contributed by atoms with Crippen LogP contribution < -0.4 is 5.32 Å². The van der Waals surface area contributed by atoms with Gasteiger partial charge in [0.25, 0.3) is 0 Å². The Morgan fingerprint density at radius 2 is 1.91 bits per heavy atom. The molecule has 0 bridgehead atoms. The fourth-order valence-corrected chi connectivity index (χ4v) is 5.85. The lowest BCUT2D eigenvalue weighted by molar-refractivity contribution is 0.0858. The number of nitrogens with zero attached hydrogens (tertiary/aromatic N) is 4. The van der Waals surface area contributed by atoms with Gasteiger partial charge in [0, 0.05) is 53.7 Å². The van der Waals surface area contributed by atoms with Crippen LogP contribution in [0, 0.1) is 6.92 Å². The second-order valence-electron chi connectivity index (χ2n) is 9.60. The molecule has 1 saturated carbocycles. The zero-order valence-corrected chi connectivity index (χ0v) is 18.6. The van der Waals surface area contributed by atoms with Crippen molar-refractivity contribution in [3.63, 3.8) is 0 Å². The molecule has 1 aliphatic carbocycles. The molecule has 2 aliphatic heterocycles. The van der Waals surface area contributed by atoms with E-state index in [9.17, 15) is 4.79 Å². The first-order valence-electron chi connectivity index (χ1n) is 11.9. The van der Waals surface area contributed by atoms with Crippen molar-refractivity contribution in [3.8, 4) is 11.3 Å². The number of pyridine rings is 1. The van der Waals surface area contributed by atoms with Crippen LogP contribution in [0.15, 0.2) is 30.5 Å². The molecule has 32 heavy (non-hydrogen) atoms. The summed E-state index contributed by atoms with van der Waals surface area (Å²) in [7, 11) is 0. The average Bonchev–Trinajstić information content (AvgIpc) is 3.47. The molecule has 0 spiro atoms. The highest BCUT2D eigenvalue weighted by Crippen LogP contribution is 2.35. The highest BCUT2D eigenvalue weighted by Gasteiger charge is 2.35.